The zero-order valence-electron chi connectivity index (χ0n) is 9.62. The highest BCUT2D eigenvalue weighted by Crippen LogP contribution is 2.31. The van der Waals surface area contributed by atoms with Crippen LogP contribution in [0.1, 0.15) is 31.0 Å². The van der Waals surface area contributed by atoms with Crippen LogP contribution in [0.25, 0.3) is 17.0 Å². The Morgan fingerprint density at radius 3 is 2.53 bits per heavy atom. The average Bonchev–Trinajstić information content (AvgIpc) is 2.52. The van der Waals surface area contributed by atoms with Gasteiger partial charge < -0.3 is 4.57 Å². The first-order chi connectivity index (χ1) is 7.16. The van der Waals surface area contributed by atoms with Crippen molar-refractivity contribution in [3.63, 3.8) is 0 Å². The molecule has 2 aromatic rings. The van der Waals surface area contributed by atoms with Gasteiger partial charge in [-0.05, 0) is 23.6 Å². The molecule has 0 spiro atoms. The minimum atomic E-state index is 0.532. The maximum atomic E-state index is 3.91. The minimum absolute atomic E-state index is 0.532. The third kappa shape index (κ3) is 1.39. The van der Waals surface area contributed by atoms with Gasteiger partial charge in [-0.2, -0.15) is 0 Å². The van der Waals surface area contributed by atoms with Gasteiger partial charge in [0, 0.05) is 23.6 Å². The quantitative estimate of drug-likeness (QED) is 0.690. The Balaban J connectivity index is 2.91. The van der Waals surface area contributed by atoms with E-state index in [0.29, 0.717) is 5.92 Å². The summed E-state index contributed by atoms with van der Waals surface area (Å²) in [5.74, 6) is 0.532. The van der Waals surface area contributed by atoms with Crippen molar-refractivity contribution < 1.29 is 0 Å². The summed E-state index contributed by atoms with van der Waals surface area (Å²) < 4.78 is 2.22. The summed E-state index contributed by atoms with van der Waals surface area (Å²) in [7, 11) is 2.10. The number of rotatable bonds is 2. The molecule has 0 aliphatic rings. The first-order valence-electron chi connectivity index (χ1n) is 5.36. The molecule has 0 amide bonds. The first-order valence-corrected chi connectivity index (χ1v) is 5.36. The van der Waals surface area contributed by atoms with Crippen LogP contribution in [0.5, 0.6) is 0 Å². The molecular formula is C14H17N. The number of hydrogen-bond donors (Lipinski definition) is 0. The molecule has 15 heavy (non-hydrogen) atoms. The lowest BCUT2D eigenvalue weighted by atomic mass is 9.99. The van der Waals surface area contributed by atoms with Gasteiger partial charge in [0.25, 0.3) is 0 Å². The Labute approximate surface area is 91.0 Å². The molecule has 1 heteroatoms. The topological polar surface area (TPSA) is 4.93 Å². The molecule has 0 unspecified atom stereocenters. The van der Waals surface area contributed by atoms with E-state index >= 15 is 0 Å². The molecule has 0 aliphatic heterocycles. The molecule has 1 aromatic heterocycles. The number of fused-ring (bicyclic) bond motifs is 1. The SMILES string of the molecule is C=Cc1c(C(C)C)c2ccccc2n1C. The number of para-hydroxylation sites is 1. The predicted molar refractivity (Wildman–Crippen MR) is 67.1 cm³/mol. The van der Waals surface area contributed by atoms with Gasteiger partial charge in [-0.15, -0.1) is 0 Å². The average molecular weight is 199 g/mol. The highest BCUT2D eigenvalue weighted by atomic mass is 14.9. The lowest BCUT2D eigenvalue weighted by Gasteiger charge is -2.06. The van der Waals surface area contributed by atoms with Crippen LogP contribution in [-0.2, 0) is 7.05 Å². The molecule has 0 radical (unpaired) electrons. The molecule has 0 aliphatic carbocycles. The highest BCUT2D eigenvalue weighted by Gasteiger charge is 2.14. The molecule has 78 valence electrons. The van der Waals surface area contributed by atoms with Crippen molar-refractivity contribution in [2.75, 3.05) is 0 Å². The lowest BCUT2D eigenvalue weighted by Crippen LogP contribution is -1.94. The van der Waals surface area contributed by atoms with Crippen LogP contribution in [0.15, 0.2) is 30.8 Å². The van der Waals surface area contributed by atoms with Gasteiger partial charge in [-0.25, -0.2) is 0 Å². The Morgan fingerprint density at radius 2 is 1.93 bits per heavy atom. The van der Waals surface area contributed by atoms with E-state index in [1.807, 2.05) is 6.08 Å². The molecule has 0 bridgehead atoms. The van der Waals surface area contributed by atoms with Crippen molar-refractivity contribution in [1.29, 1.82) is 0 Å². The van der Waals surface area contributed by atoms with Crippen LogP contribution in [-0.4, -0.2) is 4.57 Å². The summed E-state index contributed by atoms with van der Waals surface area (Å²) in [5, 5.41) is 1.35. The molecule has 1 aromatic carbocycles. The largest absolute Gasteiger partial charge is 0.344 e. The molecule has 0 N–H and O–H groups in total. The van der Waals surface area contributed by atoms with Gasteiger partial charge in [0.05, 0.1) is 0 Å². The number of aromatic nitrogens is 1. The standard InChI is InChI=1S/C14H17N/c1-5-12-14(10(2)3)11-8-6-7-9-13(11)15(12)4/h5-10H,1H2,2-4H3. The maximum absolute atomic E-state index is 3.91. The summed E-state index contributed by atoms with van der Waals surface area (Å²) >= 11 is 0. The second-order valence-electron chi connectivity index (χ2n) is 4.23. The van der Waals surface area contributed by atoms with Crippen molar-refractivity contribution in [1.82, 2.24) is 4.57 Å². The zero-order valence-corrected chi connectivity index (χ0v) is 9.62. The Hall–Kier alpha value is -1.50. The van der Waals surface area contributed by atoms with E-state index in [1.165, 1.54) is 22.2 Å². The second-order valence-corrected chi connectivity index (χ2v) is 4.23. The van der Waals surface area contributed by atoms with Crippen molar-refractivity contribution in [3.8, 4) is 0 Å². The first kappa shape index (κ1) is 10.0. The summed E-state index contributed by atoms with van der Waals surface area (Å²) in [6, 6.07) is 8.53. The molecule has 2 rings (SSSR count). The van der Waals surface area contributed by atoms with E-state index < -0.39 is 0 Å². The van der Waals surface area contributed by atoms with E-state index in [2.05, 4.69) is 56.3 Å². The minimum Gasteiger partial charge on any atom is -0.344 e. The smallest absolute Gasteiger partial charge is 0.0485 e. The van der Waals surface area contributed by atoms with Crippen LogP contribution in [0.4, 0.5) is 0 Å². The normalized spacial score (nSPS) is 11.2. The predicted octanol–water partition coefficient (Wildman–Crippen LogP) is 3.94. The summed E-state index contributed by atoms with van der Waals surface area (Å²) in [6.07, 6.45) is 1.95. The number of nitrogens with zero attached hydrogens (tertiary/aromatic N) is 1. The fourth-order valence-corrected chi connectivity index (χ4v) is 2.30. The summed E-state index contributed by atoms with van der Waals surface area (Å²) in [4.78, 5) is 0. The third-order valence-corrected chi connectivity index (χ3v) is 2.96. The summed E-state index contributed by atoms with van der Waals surface area (Å²) in [5.41, 5.74) is 3.94. The van der Waals surface area contributed by atoms with Crippen LogP contribution in [0, 0.1) is 0 Å². The lowest BCUT2D eigenvalue weighted by molar-refractivity contribution is 0.850. The monoisotopic (exact) mass is 199 g/mol. The van der Waals surface area contributed by atoms with Gasteiger partial charge in [0.1, 0.15) is 0 Å². The van der Waals surface area contributed by atoms with Crippen molar-refractivity contribution in [3.05, 3.63) is 42.1 Å². The summed E-state index contributed by atoms with van der Waals surface area (Å²) in [6.45, 7) is 8.37. The van der Waals surface area contributed by atoms with E-state index in [9.17, 15) is 0 Å². The van der Waals surface area contributed by atoms with E-state index in [-0.39, 0.29) is 0 Å². The zero-order chi connectivity index (χ0) is 11.0. The van der Waals surface area contributed by atoms with Crippen molar-refractivity contribution in [2.24, 2.45) is 7.05 Å². The number of hydrogen-bond acceptors (Lipinski definition) is 0. The molecule has 0 fully saturated rings. The van der Waals surface area contributed by atoms with Crippen molar-refractivity contribution in [2.45, 2.75) is 19.8 Å². The van der Waals surface area contributed by atoms with E-state index in [0.717, 1.165) is 0 Å². The molecule has 0 saturated carbocycles. The molecule has 0 atom stereocenters. The molecule has 1 nitrogen and oxygen atoms in total. The maximum Gasteiger partial charge on any atom is 0.0485 e. The van der Waals surface area contributed by atoms with Crippen LogP contribution < -0.4 is 0 Å². The van der Waals surface area contributed by atoms with Gasteiger partial charge in [0.2, 0.25) is 0 Å². The van der Waals surface area contributed by atoms with Gasteiger partial charge in [-0.3, -0.25) is 0 Å². The fourth-order valence-electron chi connectivity index (χ4n) is 2.30. The molecule has 1 heterocycles. The van der Waals surface area contributed by atoms with Crippen molar-refractivity contribution >= 4 is 17.0 Å². The highest BCUT2D eigenvalue weighted by molar-refractivity contribution is 5.88. The Bertz CT molecular complexity index is 503. The Kier molecular flexibility index (Phi) is 2.39. The number of aryl methyl sites for hydroxylation is 1. The van der Waals surface area contributed by atoms with Gasteiger partial charge >= 0.3 is 0 Å². The van der Waals surface area contributed by atoms with Gasteiger partial charge in [-0.1, -0.05) is 38.6 Å². The second kappa shape index (κ2) is 3.58. The fraction of sp³-hybridized carbons (Fsp3) is 0.286. The number of benzene rings is 1. The van der Waals surface area contributed by atoms with E-state index in [1.54, 1.807) is 0 Å². The van der Waals surface area contributed by atoms with E-state index in [4.69, 9.17) is 0 Å². The Morgan fingerprint density at radius 1 is 1.27 bits per heavy atom. The van der Waals surface area contributed by atoms with Crippen LogP contribution >= 0.6 is 0 Å². The third-order valence-electron chi connectivity index (χ3n) is 2.96. The van der Waals surface area contributed by atoms with Crippen LogP contribution in [0.3, 0.4) is 0 Å². The van der Waals surface area contributed by atoms with Gasteiger partial charge in [0.15, 0.2) is 0 Å². The molecule has 0 saturated heterocycles. The van der Waals surface area contributed by atoms with Crippen LogP contribution in [0.2, 0.25) is 0 Å². The molecular weight excluding hydrogens is 182 g/mol.